The summed E-state index contributed by atoms with van der Waals surface area (Å²) < 4.78 is 1.87. The summed E-state index contributed by atoms with van der Waals surface area (Å²) in [7, 11) is 0. The molecule has 1 unspecified atom stereocenters. The Morgan fingerprint density at radius 1 is 1.39 bits per heavy atom. The molecule has 0 amide bonds. The predicted octanol–water partition coefficient (Wildman–Crippen LogP) is 1.54. The fourth-order valence-corrected chi connectivity index (χ4v) is 1.89. The lowest BCUT2D eigenvalue weighted by Crippen LogP contribution is -2.35. The van der Waals surface area contributed by atoms with Crippen molar-refractivity contribution in [2.75, 3.05) is 6.54 Å². The molecule has 0 spiro atoms. The quantitative estimate of drug-likeness (QED) is 0.775. The van der Waals surface area contributed by atoms with E-state index in [4.69, 9.17) is 0 Å². The van der Waals surface area contributed by atoms with Crippen molar-refractivity contribution in [3.63, 3.8) is 0 Å². The third-order valence-electron chi connectivity index (χ3n) is 2.89. The van der Waals surface area contributed by atoms with E-state index >= 15 is 0 Å². The van der Waals surface area contributed by atoms with Crippen molar-refractivity contribution in [2.24, 2.45) is 0 Å². The molecule has 0 aliphatic heterocycles. The highest BCUT2D eigenvalue weighted by molar-refractivity contribution is 4.94. The Hall–Kier alpha value is -0.940. The van der Waals surface area contributed by atoms with Gasteiger partial charge in [0, 0.05) is 18.5 Å². The van der Waals surface area contributed by atoms with Gasteiger partial charge in [-0.25, -0.2) is 9.67 Å². The van der Waals surface area contributed by atoms with Crippen LogP contribution in [0.1, 0.15) is 52.9 Å². The molecular weight excluding hydrogens is 228 g/mol. The van der Waals surface area contributed by atoms with E-state index < -0.39 is 5.60 Å². The van der Waals surface area contributed by atoms with E-state index in [0.29, 0.717) is 18.9 Å². The third kappa shape index (κ3) is 4.74. The van der Waals surface area contributed by atoms with E-state index in [1.807, 2.05) is 11.6 Å². The lowest BCUT2D eigenvalue weighted by atomic mass is 9.97. The maximum absolute atomic E-state index is 10.4. The van der Waals surface area contributed by atoms with Crippen LogP contribution in [0.25, 0.3) is 0 Å². The van der Waals surface area contributed by atoms with E-state index in [1.165, 1.54) is 0 Å². The van der Waals surface area contributed by atoms with Crippen LogP contribution >= 0.6 is 0 Å². The van der Waals surface area contributed by atoms with Gasteiger partial charge in [-0.3, -0.25) is 0 Å². The highest BCUT2D eigenvalue weighted by atomic mass is 16.3. The SMILES string of the molecule is CC(C)NCCC(C)(O)Cc1ncnn1C(C)C. The first-order chi connectivity index (χ1) is 8.32. The molecule has 1 heterocycles. The first-order valence-corrected chi connectivity index (χ1v) is 6.66. The van der Waals surface area contributed by atoms with Gasteiger partial charge in [0.1, 0.15) is 12.2 Å². The Balaban J connectivity index is 2.56. The fraction of sp³-hybridized carbons (Fsp3) is 0.846. The van der Waals surface area contributed by atoms with Crippen LogP contribution < -0.4 is 5.32 Å². The molecule has 0 radical (unpaired) electrons. The highest BCUT2D eigenvalue weighted by Crippen LogP contribution is 2.17. The van der Waals surface area contributed by atoms with Crippen molar-refractivity contribution < 1.29 is 5.11 Å². The highest BCUT2D eigenvalue weighted by Gasteiger charge is 2.24. The van der Waals surface area contributed by atoms with Gasteiger partial charge in [0.2, 0.25) is 0 Å². The van der Waals surface area contributed by atoms with Crippen LogP contribution in [0.3, 0.4) is 0 Å². The summed E-state index contributed by atoms with van der Waals surface area (Å²) in [6.45, 7) is 11.0. The number of hydrogen-bond donors (Lipinski definition) is 2. The van der Waals surface area contributed by atoms with Crippen LogP contribution in [0.2, 0.25) is 0 Å². The zero-order valence-electron chi connectivity index (χ0n) is 12.1. The smallest absolute Gasteiger partial charge is 0.138 e. The van der Waals surface area contributed by atoms with Crippen molar-refractivity contribution in [1.82, 2.24) is 20.1 Å². The monoisotopic (exact) mass is 254 g/mol. The number of nitrogens with one attached hydrogen (secondary N) is 1. The molecule has 0 aliphatic rings. The van der Waals surface area contributed by atoms with Crippen molar-refractivity contribution in [1.29, 1.82) is 0 Å². The van der Waals surface area contributed by atoms with E-state index in [-0.39, 0.29) is 6.04 Å². The van der Waals surface area contributed by atoms with Crippen LogP contribution in [0, 0.1) is 0 Å². The zero-order chi connectivity index (χ0) is 13.8. The van der Waals surface area contributed by atoms with Gasteiger partial charge in [-0.05, 0) is 33.7 Å². The van der Waals surface area contributed by atoms with Crippen molar-refractivity contribution >= 4 is 0 Å². The second-order valence-electron chi connectivity index (χ2n) is 5.75. The van der Waals surface area contributed by atoms with Gasteiger partial charge < -0.3 is 10.4 Å². The zero-order valence-corrected chi connectivity index (χ0v) is 12.1. The maximum Gasteiger partial charge on any atom is 0.138 e. The van der Waals surface area contributed by atoms with E-state index in [0.717, 1.165) is 12.4 Å². The van der Waals surface area contributed by atoms with Crippen LogP contribution in [0.5, 0.6) is 0 Å². The molecule has 18 heavy (non-hydrogen) atoms. The van der Waals surface area contributed by atoms with E-state index in [9.17, 15) is 5.11 Å². The molecule has 5 heteroatoms. The maximum atomic E-state index is 10.4. The standard InChI is InChI=1S/C13H26N4O/c1-10(2)14-7-6-13(5,18)8-12-15-9-16-17(12)11(3)4/h9-11,14,18H,6-8H2,1-5H3. The molecule has 1 aromatic rings. The lowest BCUT2D eigenvalue weighted by molar-refractivity contribution is 0.0477. The molecule has 0 saturated carbocycles. The topological polar surface area (TPSA) is 63.0 Å². The molecule has 0 aliphatic carbocycles. The summed E-state index contributed by atoms with van der Waals surface area (Å²) in [6, 6.07) is 0.715. The number of aromatic nitrogens is 3. The molecule has 0 fully saturated rings. The normalized spacial score (nSPS) is 15.3. The van der Waals surface area contributed by atoms with Gasteiger partial charge in [-0.2, -0.15) is 5.10 Å². The van der Waals surface area contributed by atoms with E-state index in [2.05, 4.69) is 43.1 Å². The number of nitrogens with zero attached hydrogens (tertiary/aromatic N) is 3. The van der Waals surface area contributed by atoms with Gasteiger partial charge in [-0.15, -0.1) is 0 Å². The molecule has 0 saturated heterocycles. The summed E-state index contributed by atoms with van der Waals surface area (Å²) in [4.78, 5) is 4.24. The molecule has 5 nitrogen and oxygen atoms in total. The van der Waals surface area contributed by atoms with Crippen LogP contribution in [-0.2, 0) is 6.42 Å². The molecule has 0 aromatic carbocycles. The Kier molecular flexibility index (Phi) is 5.28. The van der Waals surface area contributed by atoms with Crippen molar-refractivity contribution in [2.45, 2.75) is 65.1 Å². The number of aliphatic hydroxyl groups is 1. The van der Waals surface area contributed by atoms with Gasteiger partial charge in [0.15, 0.2) is 0 Å². The summed E-state index contributed by atoms with van der Waals surface area (Å²) in [5.74, 6) is 0.847. The second kappa shape index (κ2) is 6.29. The van der Waals surface area contributed by atoms with E-state index in [1.54, 1.807) is 6.33 Å². The Bertz CT molecular complexity index is 358. The summed E-state index contributed by atoms with van der Waals surface area (Å²) in [5.41, 5.74) is -0.748. The van der Waals surface area contributed by atoms with Crippen LogP contribution in [0.15, 0.2) is 6.33 Å². The minimum atomic E-state index is -0.748. The van der Waals surface area contributed by atoms with Gasteiger partial charge >= 0.3 is 0 Å². The first kappa shape index (κ1) is 15.1. The molecular formula is C13H26N4O. The molecule has 1 rings (SSSR count). The summed E-state index contributed by atoms with van der Waals surface area (Å²) >= 11 is 0. The van der Waals surface area contributed by atoms with Gasteiger partial charge in [0.25, 0.3) is 0 Å². The van der Waals surface area contributed by atoms with Crippen LogP contribution in [0.4, 0.5) is 0 Å². The van der Waals surface area contributed by atoms with Crippen molar-refractivity contribution in [3.8, 4) is 0 Å². The minimum Gasteiger partial charge on any atom is -0.390 e. The number of hydrogen-bond acceptors (Lipinski definition) is 4. The summed E-state index contributed by atoms with van der Waals surface area (Å²) in [5, 5.41) is 17.9. The second-order valence-corrected chi connectivity index (χ2v) is 5.75. The molecule has 1 aromatic heterocycles. The average Bonchev–Trinajstić information content (AvgIpc) is 2.63. The predicted molar refractivity (Wildman–Crippen MR) is 72.5 cm³/mol. The average molecular weight is 254 g/mol. The minimum absolute atomic E-state index is 0.270. The molecule has 2 N–H and O–H groups in total. The number of rotatable bonds is 7. The Morgan fingerprint density at radius 3 is 2.61 bits per heavy atom. The third-order valence-corrected chi connectivity index (χ3v) is 2.89. The Labute approximate surface area is 110 Å². The molecule has 1 atom stereocenters. The first-order valence-electron chi connectivity index (χ1n) is 6.66. The molecule has 0 bridgehead atoms. The fourth-order valence-electron chi connectivity index (χ4n) is 1.89. The summed E-state index contributed by atoms with van der Waals surface area (Å²) in [6.07, 6.45) is 2.79. The van der Waals surface area contributed by atoms with Gasteiger partial charge in [0.05, 0.1) is 5.60 Å². The van der Waals surface area contributed by atoms with Gasteiger partial charge in [-0.1, -0.05) is 13.8 Å². The lowest BCUT2D eigenvalue weighted by Gasteiger charge is -2.24. The Morgan fingerprint density at radius 2 is 2.06 bits per heavy atom. The largest absolute Gasteiger partial charge is 0.390 e. The van der Waals surface area contributed by atoms with Crippen LogP contribution in [-0.4, -0.2) is 38.1 Å². The van der Waals surface area contributed by atoms with Crippen molar-refractivity contribution in [3.05, 3.63) is 12.2 Å². The molecule has 104 valence electrons.